The topological polar surface area (TPSA) is 26.3 Å². The molecular formula is C20H19ClO2. The molecular weight excluding hydrogens is 308 g/mol. The number of hydrogen-bond donors (Lipinski definition) is 0. The number of carbonyl (C=O) groups is 1. The second-order valence-corrected chi connectivity index (χ2v) is 6.90. The zero-order valence-electron chi connectivity index (χ0n) is 12.9. The fraction of sp³-hybridized carbons (Fsp3) is 0.350. The van der Waals surface area contributed by atoms with Crippen LogP contribution < -0.4 is 0 Å². The van der Waals surface area contributed by atoms with E-state index in [4.69, 9.17) is 16.3 Å². The van der Waals surface area contributed by atoms with Crippen molar-refractivity contribution in [1.29, 1.82) is 0 Å². The molecule has 2 nitrogen and oxygen atoms in total. The van der Waals surface area contributed by atoms with Crippen LogP contribution in [0.15, 0.2) is 48.5 Å². The van der Waals surface area contributed by atoms with E-state index in [1.807, 2.05) is 12.1 Å². The van der Waals surface area contributed by atoms with Crippen LogP contribution in [-0.4, -0.2) is 12.4 Å². The normalized spacial score (nSPS) is 26.2. The minimum absolute atomic E-state index is 0.110. The molecule has 2 atom stereocenters. The van der Waals surface area contributed by atoms with Gasteiger partial charge in [-0.3, -0.25) is 4.79 Å². The predicted octanol–water partition coefficient (Wildman–Crippen LogP) is 4.79. The van der Waals surface area contributed by atoms with E-state index >= 15 is 0 Å². The minimum Gasteiger partial charge on any atom is -0.370 e. The van der Waals surface area contributed by atoms with Crippen molar-refractivity contribution in [3.8, 4) is 0 Å². The third kappa shape index (κ3) is 2.41. The summed E-state index contributed by atoms with van der Waals surface area (Å²) in [6.45, 7) is 0.735. The van der Waals surface area contributed by atoms with Gasteiger partial charge in [-0.2, -0.15) is 0 Å². The number of hydrogen-bond acceptors (Lipinski definition) is 2. The van der Waals surface area contributed by atoms with Crippen LogP contribution in [0.25, 0.3) is 0 Å². The maximum atomic E-state index is 13.2. The summed E-state index contributed by atoms with van der Waals surface area (Å²) in [6.07, 6.45) is 3.72. The van der Waals surface area contributed by atoms with Crippen LogP contribution in [0, 0.1) is 5.92 Å². The summed E-state index contributed by atoms with van der Waals surface area (Å²) in [6, 6.07) is 15.7. The highest BCUT2D eigenvalue weighted by Gasteiger charge is 2.50. The Morgan fingerprint density at radius 1 is 1.13 bits per heavy atom. The summed E-state index contributed by atoms with van der Waals surface area (Å²) in [5, 5.41) is 0.655. The fourth-order valence-electron chi connectivity index (χ4n) is 4.18. The second-order valence-electron chi connectivity index (χ2n) is 6.46. The Labute approximate surface area is 141 Å². The molecule has 0 amide bonds. The molecule has 2 aromatic carbocycles. The number of fused-ring (bicyclic) bond motifs is 2. The van der Waals surface area contributed by atoms with Crippen LogP contribution >= 0.6 is 11.6 Å². The van der Waals surface area contributed by atoms with E-state index in [0.29, 0.717) is 5.02 Å². The van der Waals surface area contributed by atoms with Crippen LogP contribution in [0.3, 0.4) is 0 Å². The third-order valence-electron chi connectivity index (χ3n) is 5.24. The number of halogens is 1. The standard InChI is InChI=1S/C20H19ClO2/c21-16-9-6-15(7-10-16)19(22)18-11-8-14-4-1-2-5-17(14)20(18)12-3-13-23-20/h1-2,4-7,9-10,18H,3,8,11-13H2. The van der Waals surface area contributed by atoms with Crippen molar-refractivity contribution in [1.82, 2.24) is 0 Å². The first-order valence-electron chi connectivity index (χ1n) is 8.23. The fourth-order valence-corrected chi connectivity index (χ4v) is 4.30. The van der Waals surface area contributed by atoms with Crippen molar-refractivity contribution in [2.45, 2.75) is 31.3 Å². The first-order valence-corrected chi connectivity index (χ1v) is 8.61. The molecule has 1 heterocycles. The van der Waals surface area contributed by atoms with E-state index in [0.717, 1.165) is 37.9 Å². The molecule has 118 valence electrons. The minimum atomic E-state index is -0.439. The van der Waals surface area contributed by atoms with Gasteiger partial charge in [-0.05, 0) is 61.1 Å². The van der Waals surface area contributed by atoms with E-state index in [1.165, 1.54) is 11.1 Å². The van der Waals surface area contributed by atoms with Crippen molar-refractivity contribution in [3.63, 3.8) is 0 Å². The smallest absolute Gasteiger partial charge is 0.169 e. The van der Waals surface area contributed by atoms with Gasteiger partial charge < -0.3 is 4.74 Å². The first-order chi connectivity index (χ1) is 11.2. The lowest BCUT2D eigenvalue weighted by molar-refractivity contribution is -0.0477. The SMILES string of the molecule is O=C(c1ccc(Cl)cc1)C1CCc2ccccc2C12CCCO2. The molecule has 1 spiro atoms. The molecule has 4 rings (SSSR count). The summed E-state index contributed by atoms with van der Waals surface area (Å²) >= 11 is 5.95. The van der Waals surface area contributed by atoms with Crippen molar-refractivity contribution in [3.05, 3.63) is 70.2 Å². The summed E-state index contributed by atoms with van der Waals surface area (Å²) in [5.41, 5.74) is 2.84. The number of rotatable bonds is 2. The Morgan fingerprint density at radius 2 is 1.91 bits per heavy atom. The van der Waals surface area contributed by atoms with E-state index in [1.54, 1.807) is 12.1 Å². The van der Waals surface area contributed by atoms with Crippen LogP contribution in [-0.2, 0) is 16.8 Å². The average molecular weight is 327 g/mol. The maximum Gasteiger partial charge on any atom is 0.169 e. The molecule has 0 radical (unpaired) electrons. The third-order valence-corrected chi connectivity index (χ3v) is 5.49. The molecule has 1 aliphatic carbocycles. The average Bonchev–Trinajstić information content (AvgIpc) is 3.06. The van der Waals surface area contributed by atoms with Gasteiger partial charge in [0.25, 0.3) is 0 Å². The summed E-state index contributed by atoms with van der Waals surface area (Å²) in [4.78, 5) is 13.2. The molecule has 2 aromatic rings. The Balaban J connectivity index is 1.76. The van der Waals surface area contributed by atoms with Crippen LogP contribution in [0.4, 0.5) is 0 Å². The van der Waals surface area contributed by atoms with Crippen molar-refractivity contribution < 1.29 is 9.53 Å². The van der Waals surface area contributed by atoms with E-state index < -0.39 is 5.60 Å². The highest BCUT2D eigenvalue weighted by atomic mass is 35.5. The number of carbonyl (C=O) groups excluding carboxylic acids is 1. The van der Waals surface area contributed by atoms with Gasteiger partial charge in [-0.15, -0.1) is 0 Å². The quantitative estimate of drug-likeness (QED) is 0.742. The summed E-state index contributed by atoms with van der Waals surface area (Å²) in [7, 11) is 0. The van der Waals surface area contributed by atoms with Gasteiger partial charge in [0.2, 0.25) is 0 Å². The molecule has 0 aromatic heterocycles. The molecule has 23 heavy (non-hydrogen) atoms. The van der Waals surface area contributed by atoms with E-state index in [-0.39, 0.29) is 11.7 Å². The van der Waals surface area contributed by atoms with Crippen LogP contribution in [0.1, 0.15) is 40.7 Å². The molecule has 0 N–H and O–H groups in total. The zero-order chi connectivity index (χ0) is 15.9. The monoisotopic (exact) mass is 326 g/mol. The highest BCUT2D eigenvalue weighted by Crippen LogP contribution is 2.49. The maximum absolute atomic E-state index is 13.2. The van der Waals surface area contributed by atoms with Gasteiger partial charge in [0.1, 0.15) is 5.60 Å². The molecule has 0 saturated carbocycles. The summed E-state index contributed by atoms with van der Waals surface area (Å²) < 4.78 is 6.24. The van der Waals surface area contributed by atoms with Crippen molar-refractivity contribution >= 4 is 17.4 Å². The molecule has 3 heteroatoms. The Morgan fingerprint density at radius 3 is 2.65 bits per heavy atom. The molecule has 0 bridgehead atoms. The van der Waals surface area contributed by atoms with E-state index in [2.05, 4.69) is 24.3 Å². The lowest BCUT2D eigenvalue weighted by atomic mass is 9.67. The Kier molecular flexibility index (Phi) is 3.74. The first kappa shape index (κ1) is 14.9. The van der Waals surface area contributed by atoms with Crippen molar-refractivity contribution in [2.75, 3.05) is 6.61 Å². The number of benzene rings is 2. The lowest BCUT2D eigenvalue weighted by Gasteiger charge is -2.41. The molecule has 2 aliphatic rings. The Bertz CT molecular complexity index is 730. The Hall–Kier alpha value is -1.64. The van der Waals surface area contributed by atoms with Gasteiger partial charge in [-0.1, -0.05) is 35.9 Å². The zero-order valence-corrected chi connectivity index (χ0v) is 13.7. The van der Waals surface area contributed by atoms with Gasteiger partial charge in [0.15, 0.2) is 5.78 Å². The van der Waals surface area contributed by atoms with Gasteiger partial charge >= 0.3 is 0 Å². The van der Waals surface area contributed by atoms with Gasteiger partial charge in [-0.25, -0.2) is 0 Å². The molecule has 1 saturated heterocycles. The van der Waals surface area contributed by atoms with Crippen molar-refractivity contribution in [2.24, 2.45) is 5.92 Å². The lowest BCUT2D eigenvalue weighted by Crippen LogP contribution is -2.43. The predicted molar refractivity (Wildman–Crippen MR) is 90.9 cm³/mol. The van der Waals surface area contributed by atoms with Gasteiger partial charge in [0, 0.05) is 17.2 Å². The molecule has 1 fully saturated rings. The second kappa shape index (κ2) is 5.77. The number of aryl methyl sites for hydroxylation is 1. The molecule has 1 aliphatic heterocycles. The summed E-state index contributed by atoms with van der Waals surface area (Å²) in [5.74, 6) is 0.0687. The highest BCUT2D eigenvalue weighted by molar-refractivity contribution is 6.30. The van der Waals surface area contributed by atoms with Crippen LogP contribution in [0.2, 0.25) is 5.02 Å². The number of ether oxygens (including phenoxy) is 1. The van der Waals surface area contributed by atoms with E-state index in [9.17, 15) is 4.79 Å². The van der Waals surface area contributed by atoms with Gasteiger partial charge in [0.05, 0.1) is 5.92 Å². The van der Waals surface area contributed by atoms with Crippen LogP contribution in [0.5, 0.6) is 0 Å². The number of ketones is 1. The largest absolute Gasteiger partial charge is 0.370 e. The molecule has 2 unspecified atom stereocenters. The number of Topliss-reactive ketones (excluding diaryl/α,β-unsaturated/α-hetero) is 1.